The molecule has 5 heteroatoms. The normalized spacial score (nSPS) is 11.9. The molecule has 0 saturated heterocycles. The fourth-order valence-electron chi connectivity index (χ4n) is 1.83. The summed E-state index contributed by atoms with van der Waals surface area (Å²) in [6.07, 6.45) is 4.41. The van der Waals surface area contributed by atoms with Crippen molar-refractivity contribution in [3.63, 3.8) is 0 Å². The van der Waals surface area contributed by atoms with Gasteiger partial charge >= 0.3 is 0 Å². The summed E-state index contributed by atoms with van der Waals surface area (Å²) in [7, 11) is 0. The minimum Gasteiger partial charge on any atom is -0.369 e. The molecule has 0 aliphatic heterocycles. The second-order valence-corrected chi connectivity index (χ2v) is 4.63. The van der Waals surface area contributed by atoms with Gasteiger partial charge in [0.15, 0.2) is 0 Å². The summed E-state index contributed by atoms with van der Waals surface area (Å²) in [4.78, 5) is 8.59. The molecule has 0 spiro atoms. The number of nitrogens with zero attached hydrogens (tertiary/aromatic N) is 2. The predicted octanol–water partition coefficient (Wildman–Crippen LogP) is 3.61. The van der Waals surface area contributed by atoms with Crippen LogP contribution in [-0.2, 0) is 0 Å². The third-order valence-electron chi connectivity index (χ3n) is 2.93. The minimum absolute atomic E-state index is 0.0336. The Morgan fingerprint density at radius 1 is 1.15 bits per heavy atom. The lowest BCUT2D eigenvalue weighted by molar-refractivity contribution is 0.626. The number of aromatic nitrogens is 2. The fourth-order valence-corrected chi connectivity index (χ4v) is 1.83. The SMILES string of the molecule is CCCNc1cncc(NC(C)c2ccc(F)cc2)n1. The van der Waals surface area contributed by atoms with Gasteiger partial charge in [-0.2, -0.15) is 0 Å². The van der Waals surface area contributed by atoms with Gasteiger partial charge in [-0.3, -0.25) is 4.98 Å². The van der Waals surface area contributed by atoms with Crippen molar-refractivity contribution in [2.45, 2.75) is 26.3 Å². The zero-order valence-electron chi connectivity index (χ0n) is 11.7. The Hall–Kier alpha value is -2.17. The molecule has 20 heavy (non-hydrogen) atoms. The van der Waals surface area contributed by atoms with E-state index in [0.717, 1.165) is 24.3 Å². The number of hydrogen-bond donors (Lipinski definition) is 2. The van der Waals surface area contributed by atoms with Crippen LogP contribution in [0, 0.1) is 5.82 Å². The van der Waals surface area contributed by atoms with E-state index in [-0.39, 0.29) is 11.9 Å². The Bertz CT molecular complexity index is 542. The zero-order chi connectivity index (χ0) is 14.4. The predicted molar refractivity (Wildman–Crippen MR) is 79.3 cm³/mol. The van der Waals surface area contributed by atoms with Crippen molar-refractivity contribution >= 4 is 11.6 Å². The highest BCUT2D eigenvalue weighted by Crippen LogP contribution is 2.18. The van der Waals surface area contributed by atoms with E-state index in [2.05, 4.69) is 27.5 Å². The average molecular weight is 274 g/mol. The summed E-state index contributed by atoms with van der Waals surface area (Å²) in [6.45, 7) is 4.96. The third kappa shape index (κ3) is 3.91. The highest BCUT2D eigenvalue weighted by molar-refractivity contribution is 5.43. The van der Waals surface area contributed by atoms with E-state index < -0.39 is 0 Å². The molecular weight excluding hydrogens is 255 g/mol. The van der Waals surface area contributed by atoms with E-state index in [1.54, 1.807) is 24.5 Å². The van der Waals surface area contributed by atoms with E-state index in [4.69, 9.17) is 0 Å². The van der Waals surface area contributed by atoms with Crippen molar-refractivity contribution < 1.29 is 4.39 Å². The van der Waals surface area contributed by atoms with Crippen LogP contribution in [0.25, 0.3) is 0 Å². The molecule has 2 aromatic rings. The first-order valence-corrected chi connectivity index (χ1v) is 6.77. The number of benzene rings is 1. The van der Waals surface area contributed by atoms with Crippen LogP contribution < -0.4 is 10.6 Å². The molecule has 0 fully saturated rings. The molecule has 1 atom stereocenters. The summed E-state index contributed by atoms with van der Waals surface area (Å²) in [5.74, 6) is 1.22. The number of nitrogens with one attached hydrogen (secondary N) is 2. The van der Waals surface area contributed by atoms with Gasteiger partial charge in [0.25, 0.3) is 0 Å². The first-order valence-electron chi connectivity index (χ1n) is 6.77. The molecular formula is C15H19FN4. The number of hydrogen-bond acceptors (Lipinski definition) is 4. The molecule has 2 rings (SSSR count). The van der Waals surface area contributed by atoms with Gasteiger partial charge in [0, 0.05) is 12.6 Å². The number of rotatable bonds is 6. The second kappa shape index (κ2) is 6.84. The molecule has 0 bridgehead atoms. The second-order valence-electron chi connectivity index (χ2n) is 4.63. The maximum atomic E-state index is 12.9. The summed E-state index contributed by atoms with van der Waals surface area (Å²) in [5, 5.41) is 6.45. The molecule has 1 heterocycles. The van der Waals surface area contributed by atoms with Crippen LogP contribution in [-0.4, -0.2) is 16.5 Å². The molecule has 1 unspecified atom stereocenters. The summed E-state index contributed by atoms with van der Waals surface area (Å²) in [6, 6.07) is 6.47. The molecule has 2 N–H and O–H groups in total. The van der Waals surface area contributed by atoms with Crippen LogP contribution in [0.1, 0.15) is 31.9 Å². The van der Waals surface area contributed by atoms with Gasteiger partial charge in [-0.1, -0.05) is 19.1 Å². The van der Waals surface area contributed by atoms with Crippen LogP contribution in [0.2, 0.25) is 0 Å². The first kappa shape index (κ1) is 14.2. The van der Waals surface area contributed by atoms with Crippen molar-refractivity contribution in [3.8, 4) is 0 Å². The topological polar surface area (TPSA) is 49.8 Å². The molecule has 0 aliphatic carbocycles. The van der Waals surface area contributed by atoms with Crippen LogP contribution in [0.3, 0.4) is 0 Å². The standard InChI is InChI=1S/C15H19FN4/c1-3-8-18-14-9-17-10-15(20-14)19-11(2)12-4-6-13(16)7-5-12/h4-7,9-11H,3,8H2,1-2H3,(H2,18,19,20). The van der Waals surface area contributed by atoms with Gasteiger partial charge in [-0.15, -0.1) is 0 Å². The van der Waals surface area contributed by atoms with Crippen molar-refractivity contribution in [3.05, 3.63) is 48.0 Å². The Balaban J connectivity index is 2.03. The van der Waals surface area contributed by atoms with Gasteiger partial charge in [0.05, 0.1) is 12.4 Å². The third-order valence-corrected chi connectivity index (χ3v) is 2.93. The highest BCUT2D eigenvalue weighted by Gasteiger charge is 2.07. The lowest BCUT2D eigenvalue weighted by atomic mass is 10.1. The summed E-state index contributed by atoms with van der Waals surface area (Å²) >= 11 is 0. The van der Waals surface area contributed by atoms with Gasteiger partial charge in [-0.05, 0) is 31.0 Å². The Morgan fingerprint density at radius 2 is 1.85 bits per heavy atom. The molecule has 0 radical (unpaired) electrons. The quantitative estimate of drug-likeness (QED) is 0.845. The van der Waals surface area contributed by atoms with E-state index in [9.17, 15) is 4.39 Å². The summed E-state index contributed by atoms with van der Waals surface area (Å²) < 4.78 is 12.9. The monoisotopic (exact) mass is 274 g/mol. The fraction of sp³-hybridized carbons (Fsp3) is 0.333. The van der Waals surface area contributed by atoms with Crippen molar-refractivity contribution in [2.75, 3.05) is 17.2 Å². The maximum Gasteiger partial charge on any atom is 0.147 e. The Labute approximate surface area is 118 Å². The number of halogens is 1. The number of anilines is 2. The zero-order valence-corrected chi connectivity index (χ0v) is 11.7. The van der Waals surface area contributed by atoms with Gasteiger partial charge in [0.2, 0.25) is 0 Å². The van der Waals surface area contributed by atoms with E-state index in [1.807, 2.05) is 6.92 Å². The van der Waals surface area contributed by atoms with Crippen LogP contribution in [0.5, 0.6) is 0 Å². The van der Waals surface area contributed by atoms with E-state index in [1.165, 1.54) is 12.1 Å². The van der Waals surface area contributed by atoms with Gasteiger partial charge in [0.1, 0.15) is 17.5 Å². The van der Waals surface area contributed by atoms with Gasteiger partial charge in [-0.25, -0.2) is 9.37 Å². The molecule has 106 valence electrons. The Morgan fingerprint density at radius 3 is 2.55 bits per heavy atom. The Kier molecular flexibility index (Phi) is 4.87. The van der Waals surface area contributed by atoms with E-state index >= 15 is 0 Å². The molecule has 0 aliphatic rings. The lowest BCUT2D eigenvalue weighted by Gasteiger charge is -2.15. The molecule has 1 aromatic heterocycles. The molecule has 0 amide bonds. The van der Waals surface area contributed by atoms with Crippen molar-refractivity contribution in [2.24, 2.45) is 0 Å². The highest BCUT2D eigenvalue weighted by atomic mass is 19.1. The minimum atomic E-state index is -0.230. The van der Waals surface area contributed by atoms with Crippen LogP contribution in [0.4, 0.5) is 16.0 Å². The maximum absolute atomic E-state index is 12.9. The average Bonchev–Trinajstić information content (AvgIpc) is 2.46. The molecule has 4 nitrogen and oxygen atoms in total. The molecule has 1 aromatic carbocycles. The lowest BCUT2D eigenvalue weighted by Crippen LogP contribution is -2.10. The largest absolute Gasteiger partial charge is 0.369 e. The summed E-state index contributed by atoms with van der Waals surface area (Å²) in [5.41, 5.74) is 1.00. The van der Waals surface area contributed by atoms with Crippen molar-refractivity contribution in [1.82, 2.24) is 9.97 Å². The smallest absolute Gasteiger partial charge is 0.147 e. The van der Waals surface area contributed by atoms with Crippen LogP contribution >= 0.6 is 0 Å². The van der Waals surface area contributed by atoms with E-state index in [0.29, 0.717) is 5.82 Å². The van der Waals surface area contributed by atoms with Crippen LogP contribution in [0.15, 0.2) is 36.7 Å². The first-order chi connectivity index (χ1) is 9.69. The van der Waals surface area contributed by atoms with Crippen molar-refractivity contribution in [1.29, 1.82) is 0 Å². The molecule has 0 saturated carbocycles. The van der Waals surface area contributed by atoms with Gasteiger partial charge < -0.3 is 10.6 Å².